The monoisotopic (exact) mass is 273 g/mol. The van der Waals surface area contributed by atoms with Gasteiger partial charge in [0.2, 0.25) is 0 Å². The lowest BCUT2D eigenvalue weighted by Crippen LogP contribution is -2.30. The third kappa shape index (κ3) is 3.28. The molecule has 0 saturated heterocycles. The first-order chi connectivity index (χ1) is 7.06. The van der Waals surface area contributed by atoms with Gasteiger partial charge in [-0.1, -0.05) is 19.9 Å². The number of rotatable bonds is 4. The molecule has 3 heteroatoms. The molecule has 1 aromatic carbocycles. The molecule has 0 aliphatic heterocycles. The lowest BCUT2D eigenvalue weighted by molar-refractivity contribution is 0.494. The molecule has 0 aliphatic rings. The van der Waals surface area contributed by atoms with Crippen LogP contribution in [0, 0.1) is 5.82 Å². The molecule has 1 nitrogen and oxygen atoms in total. The van der Waals surface area contributed by atoms with Crippen LogP contribution in [0.25, 0.3) is 0 Å². The Morgan fingerprint density at radius 2 is 2.07 bits per heavy atom. The average Bonchev–Trinajstić information content (AvgIpc) is 2.21. The van der Waals surface area contributed by atoms with Gasteiger partial charge in [-0.2, -0.15) is 0 Å². The molecule has 15 heavy (non-hydrogen) atoms. The molecule has 0 bridgehead atoms. The Morgan fingerprint density at radius 3 is 2.60 bits per heavy atom. The van der Waals surface area contributed by atoms with Crippen molar-refractivity contribution in [1.82, 2.24) is 5.32 Å². The highest BCUT2D eigenvalue weighted by Gasteiger charge is 2.14. The van der Waals surface area contributed by atoms with Crippen LogP contribution < -0.4 is 5.32 Å². The van der Waals surface area contributed by atoms with Crippen molar-refractivity contribution in [3.05, 3.63) is 34.1 Å². The van der Waals surface area contributed by atoms with Crippen LogP contribution in [0.1, 0.15) is 32.3 Å². The Bertz CT molecular complexity index is 327. The molecule has 0 saturated carbocycles. The Morgan fingerprint density at radius 1 is 1.40 bits per heavy atom. The van der Waals surface area contributed by atoms with Crippen molar-refractivity contribution in [2.24, 2.45) is 0 Å². The van der Waals surface area contributed by atoms with E-state index < -0.39 is 0 Å². The largest absolute Gasteiger partial charge is 0.314 e. The predicted molar refractivity (Wildman–Crippen MR) is 65.7 cm³/mol. The first kappa shape index (κ1) is 12.7. The topological polar surface area (TPSA) is 12.0 Å². The van der Waals surface area contributed by atoms with Crippen molar-refractivity contribution in [2.75, 3.05) is 6.54 Å². The Labute approximate surface area is 99.2 Å². The van der Waals surface area contributed by atoms with E-state index >= 15 is 0 Å². The number of halogens is 2. The normalized spacial score (nSPS) is 15.0. The Balaban J connectivity index is 2.81. The van der Waals surface area contributed by atoms with Gasteiger partial charge in [0.15, 0.2) is 0 Å². The summed E-state index contributed by atoms with van der Waals surface area (Å²) < 4.78 is 13.6. The van der Waals surface area contributed by atoms with E-state index in [0.717, 1.165) is 12.1 Å². The molecule has 0 aromatic heterocycles. The van der Waals surface area contributed by atoms with Crippen LogP contribution in [0.2, 0.25) is 0 Å². The van der Waals surface area contributed by atoms with Crippen LogP contribution in [-0.2, 0) is 0 Å². The molecule has 1 N–H and O–H groups in total. The molecule has 2 unspecified atom stereocenters. The zero-order valence-electron chi connectivity index (χ0n) is 9.35. The van der Waals surface area contributed by atoms with E-state index in [9.17, 15) is 4.39 Å². The van der Waals surface area contributed by atoms with Gasteiger partial charge in [-0.25, -0.2) is 4.39 Å². The summed E-state index contributed by atoms with van der Waals surface area (Å²) in [5, 5.41) is 3.37. The van der Waals surface area contributed by atoms with Crippen LogP contribution in [0.5, 0.6) is 0 Å². The first-order valence-corrected chi connectivity index (χ1v) is 6.04. The van der Waals surface area contributed by atoms with Crippen molar-refractivity contribution in [2.45, 2.75) is 32.7 Å². The highest BCUT2D eigenvalue weighted by molar-refractivity contribution is 9.10. The minimum atomic E-state index is -0.206. The lowest BCUT2D eigenvalue weighted by atomic mass is 9.94. The fourth-order valence-corrected chi connectivity index (χ4v) is 1.98. The standard InChI is InChI=1S/C12H17BrFN/c1-4-15-9(3)8(2)10-5-6-12(14)11(13)7-10/h5-9,15H,4H2,1-3H3. The molecule has 1 aromatic rings. The SMILES string of the molecule is CCNC(C)C(C)c1ccc(F)c(Br)c1. The van der Waals surface area contributed by atoms with Crippen molar-refractivity contribution < 1.29 is 4.39 Å². The smallest absolute Gasteiger partial charge is 0.137 e. The highest BCUT2D eigenvalue weighted by atomic mass is 79.9. The maximum atomic E-state index is 13.0. The molecule has 2 atom stereocenters. The average molecular weight is 274 g/mol. The summed E-state index contributed by atoms with van der Waals surface area (Å²) >= 11 is 3.21. The summed E-state index contributed by atoms with van der Waals surface area (Å²) in [5.41, 5.74) is 1.15. The van der Waals surface area contributed by atoms with Crippen molar-refractivity contribution in [1.29, 1.82) is 0 Å². The van der Waals surface area contributed by atoms with E-state index in [4.69, 9.17) is 0 Å². The molecule has 1 rings (SSSR count). The maximum absolute atomic E-state index is 13.0. The molecule has 0 aliphatic carbocycles. The van der Waals surface area contributed by atoms with Gasteiger partial charge in [0, 0.05) is 6.04 Å². The lowest BCUT2D eigenvalue weighted by Gasteiger charge is -2.21. The summed E-state index contributed by atoms with van der Waals surface area (Å²) in [6.07, 6.45) is 0. The second-order valence-corrected chi connectivity index (χ2v) is 4.66. The number of benzene rings is 1. The van der Waals surface area contributed by atoms with Gasteiger partial charge in [-0.3, -0.25) is 0 Å². The van der Waals surface area contributed by atoms with E-state index in [1.165, 1.54) is 6.07 Å². The molecular weight excluding hydrogens is 257 g/mol. The fraction of sp³-hybridized carbons (Fsp3) is 0.500. The Kier molecular flexibility index (Phi) is 4.74. The first-order valence-electron chi connectivity index (χ1n) is 5.24. The number of likely N-dealkylation sites (N-methyl/N-ethyl adjacent to an activating group) is 1. The van der Waals surface area contributed by atoms with Gasteiger partial charge in [-0.05, 0) is 53.0 Å². The minimum absolute atomic E-state index is 0.206. The second-order valence-electron chi connectivity index (χ2n) is 3.81. The van der Waals surface area contributed by atoms with Gasteiger partial charge in [0.25, 0.3) is 0 Å². The summed E-state index contributed by atoms with van der Waals surface area (Å²) in [7, 11) is 0. The van der Waals surface area contributed by atoms with Gasteiger partial charge in [0.1, 0.15) is 5.82 Å². The number of hydrogen-bond acceptors (Lipinski definition) is 1. The van der Waals surface area contributed by atoms with Crippen LogP contribution in [0.3, 0.4) is 0 Å². The summed E-state index contributed by atoms with van der Waals surface area (Å²) in [6, 6.07) is 5.61. The summed E-state index contributed by atoms with van der Waals surface area (Å²) in [5.74, 6) is 0.170. The van der Waals surface area contributed by atoms with Crippen molar-refractivity contribution in [3.8, 4) is 0 Å². The van der Waals surface area contributed by atoms with Gasteiger partial charge < -0.3 is 5.32 Å². The van der Waals surface area contributed by atoms with Gasteiger partial charge >= 0.3 is 0 Å². The van der Waals surface area contributed by atoms with E-state index in [2.05, 4.69) is 42.0 Å². The number of hydrogen-bond donors (Lipinski definition) is 1. The van der Waals surface area contributed by atoms with Crippen molar-refractivity contribution in [3.63, 3.8) is 0 Å². The minimum Gasteiger partial charge on any atom is -0.314 e. The third-order valence-electron chi connectivity index (χ3n) is 2.75. The quantitative estimate of drug-likeness (QED) is 0.883. The Hall–Kier alpha value is -0.410. The van der Waals surface area contributed by atoms with Crippen LogP contribution in [0.4, 0.5) is 4.39 Å². The molecule has 84 valence electrons. The highest BCUT2D eigenvalue weighted by Crippen LogP contribution is 2.24. The van der Waals surface area contributed by atoms with Crippen LogP contribution in [-0.4, -0.2) is 12.6 Å². The molecule has 0 radical (unpaired) electrons. The fourth-order valence-electron chi connectivity index (χ4n) is 1.58. The molecular formula is C12H17BrFN. The van der Waals surface area contributed by atoms with E-state index in [1.807, 2.05) is 12.1 Å². The maximum Gasteiger partial charge on any atom is 0.137 e. The molecule has 0 heterocycles. The predicted octanol–water partition coefficient (Wildman–Crippen LogP) is 3.69. The van der Waals surface area contributed by atoms with Gasteiger partial charge in [0.05, 0.1) is 4.47 Å². The number of nitrogens with one attached hydrogen (secondary N) is 1. The zero-order valence-corrected chi connectivity index (χ0v) is 10.9. The third-order valence-corrected chi connectivity index (χ3v) is 3.35. The van der Waals surface area contributed by atoms with Crippen LogP contribution in [0.15, 0.2) is 22.7 Å². The van der Waals surface area contributed by atoms with Crippen LogP contribution >= 0.6 is 15.9 Å². The molecule has 0 spiro atoms. The van der Waals surface area contributed by atoms with E-state index in [0.29, 0.717) is 16.4 Å². The molecule has 0 fully saturated rings. The van der Waals surface area contributed by atoms with E-state index in [-0.39, 0.29) is 5.82 Å². The summed E-state index contributed by atoms with van der Waals surface area (Å²) in [6.45, 7) is 7.33. The zero-order chi connectivity index (χ0) is 11.4. The molecule has 0 amide bonds. The summed E-state index contributed by atoms with van der Waals surface area (Å²) in [4.78, 5) is 0. The van der Waals surface area contributed by atoms with E-state index in [1.54, 1.807) is 0 Å². The van der Waals surface area contributed by atoms with Gasteiger partial charge in [-0.15, -0.1) is 0 Å². The van der Waals surface area contributed by atoms with Crippen molar-refractivity contribution >= 4 is 15.9 Å². The second kappa shape index (κ2) is 5.61.